The normalized spacial score (nSPS) is 11.4. The van der Waals surface area contributed by atoms with E-state index in [9.17, 15) is 19.7 Å². The van der Waals surface area contributed by atoms with Crippen LogP contribution >= 0.6 is 0 Å². The Balaban J connectivity index is 1.64. The number of nitro groups is 1. The van der Waals surface area contributed by atoms with Gasteiger partial charge in [0.25, 0.3) is 5.91 Å². The molecule has 0 aliphatic carbocycles. The van der Waals surface area contributed by atoms with E-state index in [4.69, 9.17) is 18.9 Å². The highest BCUT2D eigenvalue weighted by molar-refractivity contribution is 5.92. The maximum absolute atomic E-state index is 12.5. The van der Waals surface area contributed by atoms with Gasteiger partial charge in [-0.15, -0.1) is 0 Å². The lowest BCUT2D eigenvalue weighted by Gasteiger charge is -2.13. The second-order valence-electron chi connectivity index (χ2n) is 7.48. The van der Waals surface area contributed by atoms with Crippen molar-refractivity contribution in [3.63, 3.8) is 0 Å². The zero-order valence-electron chi connectivity index (χ0n) is 20.4. The van der Waals surface area contributed by atoms with E-state index in [1.165, 1.54) is 38.4 Å². The molecule has 0 bridgehead atoms. The zero-order chi connectivity index (χ0) is 26.8. The number of nitrogens with zero attached hydrogens (tertiary/aromatic N) is 2. The summed E-state index contributed by atoms with van der Waals surface area (Å²) < 4.78 is 21.6. The maximum Gasteiger partial charge on any atom is 0.343 e. The first-order valence-corrected chi connectivity index (χ1v) is 11.2. The van der Waals surface area contributed by atoms with Crippen molar-refractivity contribution in [2.75, 3.05) is 13.7 Å². The van der Waals surface area contributed by atoms with E-state index in [0.29, 0.717) is 29.2 Å². The van der Waals surface area contributed by atoms with Crippen LogP contribution in [0.5, 0.6) is 23.0 Å². The van der Waals surface area contributed by atoms with Crippen molar-refractivity contribution in [2.45, 2.75) is 20.0 Å². The van der Waals surface area contributed by atoms with Crippen LogP contribution in [-0.2, 0) is 4.79 Å². The van der Waals surface area contributed by atoms with E-state index in [0.717, 1.165) is 0 Å². The van der Waals surface area contributed by atoms with E-state index in [-0.39, 0.29) is 17.2 Å². The van der Waals surface area contributed by atoms with Gasteiger partial charge >= 0.3 is 11.7 Å². The molecule has 0 aliphatic rings. The number of benzene rings is 3. The molecule has 1 amide bonds. The average Bonchev–Trinajstić information content (AvgIpc) is 2.90. The molecule has 0 radical (unpaired) electrons. The van der Waals surface area contributed by atoms with Gasteiger partial charge in [-0.1, -0.05) is 12.1 Å². The Labute approximate surface area is 212 Å². The molecule has 0 aliphatic heterocycles. The van der Waals surface area contributed by atoms with E-state index in [1.807, 2.05) is 0 Å². The van der Waals surface area contributed by atoms with Crippen LogP contribution in [0.1, 0.15) is 29.8 Å². The van der Waals surface area contributed by atoms with Gasteiger partial charge in [0.1, 0.15) is 5.75 Å². The van der Waals surface area contributed by atoms with Gasteiger partial charge in [0.2, 0.25) is 0 Å². The van der Waals surface area contributed by atoms with Gasteiger partial charge in [0, 0.05) is 6.07 Å². The molecule has 11 heteroatoms. The Morgan fingerprint density at radius 3 is 2.46 bits per heavy atom. The summed E-state index contributed by atoms with van der Waals surface area (Å²) in [6, 6.07) is 17.0. The van der Waals surface area contributed by atoms with Crippen molar-refractivity contribution in [2.24, 2.45) is 5.10 Å². The number of esters is 1. The maximum atomic E-state index is 12.5. The molecule has 0 saturated heterocycles. The minimum absolute atomic E-state index is 0.0275. The molecule has 1 atom stereocenters. The summed E-state index contributed by atoms with van der Waals surface area (Å²) in [7, 11) is 1.53. The molecule has 3 aromatic carbocycles. The van der Waals surface area contributed by atoms with Crippen LogP contribution < -0.4 is 24.4 Å². The number of hydrazone groups is 1. The third kappa shape index (κ3) is 7.28. The van der Waals surface area contributed by atoms with Gasteiger partial charge < -0.3 is 18.9 Å². The topological polar surface area (TPSA) is 139 Å². The highest BCUT2D eigenvalue weighted by Crippen LogP contribution is 2.29. The summed E-state index contributed by atoms with van der Waals surface area (Å²) in [5.74, 6) is -0.0534. The van der Waals surface area contributed by atoms with Crippen molar-refractivity contribution >= 4 is 23.8 Å². The summed E-state index contributed by atoms with van der Waals surface area (Å²) in [4.78, 5) is 35.4. The number of ether oxygens (including phenoxy) is 4. The van der Waals surface area contributed by atoms with E-state index in [1.54, 1.807) is 55.5 Å². The molecule has 192 valence electrons. The number of carbonyl (C=O) groups is 2. The van der Waals surface area contributed by atoms with Crippen molar-refractivity contribution in [3.05, 3.63) is 88.0 Å². The monoisotopic (exact) mass is 507 g/mol. The molecule has 3 aromatic rings. The second kappa shape index (κ2) is 12.7. The largest absolute Gasteiger partial charge is 0.497 e. The quantitative estimate of drug-likeness (QED) is 0.134. The first-order valence-electron chi connectivity index (χ1n) is 11.2. The number of methoxy groups -OCH3 is 1. The van der Waals surface area contributed by atoms with Crippen LogP contribution in [0.4, 0.5) is 5.69 Å². The number of rotatable bonds is 11. The first-order chi connectivity index (χ1) is 17.8. The van der Waals surface area contributed by atoms with Crippen LogP contribution in [0.25, 0.3) is 0 Å². The molecule has 0 spiro atoms. The van der Waals surface area contributed by atoms with Gasteiger partial charge in [0.05, 0.1) is 30.4 Å². The van der Waals surface area contributed by atoms with Crippen molar-refractivity contribution in [3.8, 4) is 23.0 Å². The van der Waals surface area contributed by atoms with Crippen LogP contribution in [0.15, 0.2) is 71.8 Å². The Morgan fingerprint density at radius 1 is 1.05 bits per heavy atom. The summed E-state index contributed by atoms with van der Waals surface area (Å²) in [5, 5.41) is 15.0. The third-order valence-electron chi connectivity index (χ3n) is 4.92. The van der Waals surface area contributed by atoms with E-state index < -0.39 is 22.9 Å². The van der Waals surface area contributed by atoms with Crippen LogP contribution in [0, 0.1) is 10.1 Å². The zero-order valence-corrected chi connectivity index (χ0v) is 20.4. The van der Waals surface area contributed by atoms with Crippen molar-refractivity contribution < 1.29 is 33.5 Å². The van der Waals surface area contributed by atoms with Gasteiger partial charge in [-0.25, -0.2) is 10.2 Å². The smallest absolute Gasteiger partial charge is 0.343 e. The Morgan fingerprint density at radius 2 is 1.78 bits per heavy atom. The standard InChI is InChI=1S/C26H25N3O8/c1-4-35-24-15-18(9-14-23(24)37-26(31)19-10-12-20(34-3)13-11-19)16-27-28-25(30)17(2)36-22-8-6-5-7-21(22)29(32)33/h5-17H,4H2,1-3H3,(H,28,30)/b27-16+. The van der Waals surface area contributed by atoms with Crippen LogP contribution in [0.3, 0.4) is 0 Å². The first kappa shape index (κ1) is 26.7. The summed E-state index contributed by atoms with van der Waals surface area (Å²) in [6.07, 6.45) is 0.324. The second-order valence-corrected chi connectivity index (χ2v) is 7.48. The molecular formula is C26H25N3O8. The number of carbonyl (C=O) groups excluding carboxylic acids is 2. The van der Waals surface area contributed by atoms with Crippen molar-refractivity contribution in [1.29, 1.82) is 0 Å². The van der Waals surface area contributed by atoms with E-state index >= 15 is 0 Å². The number of nitro benzene ring substituents is 1. The minimum Gasteiger partial charge on any atom is -0.497 e. The highest BCUT2D eigenvalue weighted by atomic mass is 16.6. The molecule has 0 aromatic heterocycles. The fraction of sp³-hybridized carbons (Fsp3) is 0.192. The van der Waals surface area contributed by atoms with Gasteiger partial charge in [0.15, 0.2) is 23.4 Å². The average molecular weight is 507 g/mol. The fourth-order valence-electron chi connectivity index (χ4n) is 3.06. The van der Waals surface area contributed by atoms with Crippen LogP contribution in [-0.4, -0.2) is 42.8 Å². The molecule has 0 saturated carbocycles. The molecule has 1 unspecified atom stereocenters. The molecule has 1 N–H and O–H groups in total. The predicted octanol–water partition coefficient (Wildman–Crippen LogP) is 4.14. The molecule has 3 rings (SSSR count). The van der Waals surface area contributed by atoms with Crippen LogP contribution in [0.2, 0.25) is 0 Å². The lowest BCUT2D eigenvalue weighted by Crippen LogP contribution is -2.33. The number of nitrogens with one attached hydrogen (secondary N) is 1. The number of hydrogen-bond donors (Lipinski definition) is 1. The Bertz CT molecular complexity index is 1290. The summed E-state index contributed by atoms with van der Waals surface area (Å²) in [6.45, 7) is 3.56. The van der Waals surface area contributed by atoms with E-state index in [2.05, 4.69) is 10.5 Å². The number of para-hydroxylation sites is 2. The lowest BCUT2D eigenvalue weighted by molar-refractivity contribution is -0.386. The Hall–Kier alpha value is -4.93. The number of hydrogen-bond acceptors (Lipinski definition) is 9. The lowest BCUT2D eigenvalue weighted by atomic mass is 10.2. The minimum atomic E-state index is -1.04. The molecular weight excluding hydrogens is 482 g/mol. The molecule has 37 heavy (non-hydrogen) atoms. The summed E-state index contributed by atoms with van der Waals surface area (Å²) >= 11 is 0. The summed E-state index contributed by atoms with van der Waals surface area (Å²) in [5.41, 5.74) is 2.98. The Kier molecular flexibility index (Phi) is 9.14. The predicted molar refractivity (Wildman–Crippen MR) is 134 cm³/mol. The molecule has 0 fully saturated rings. The van der Waals surface area contributed by atoms with Crippen molar-refractivity contribution in [1.82, 2.24) is 5.43 Å². The van der Waals surface area contributed by atoms with Gasteiger partial charge in [-0.2, -0.15) is 5.10 Å². The third-order valence-corrected chi connectivity index (χ3v) is 4.92. The SMILES string of the molecule is CCOc1cc(/C=N/NC(=O)C(C)Oc2ccccc2[N+](=O)[O-])ccc1OC(=O)c1ccc(OC)cc1. The fourth-order valence-corrected chi connectivity index (χ4v) is 3.06. The molecule has 0 heterocycles. The number of amides is 1. The molecule has 11 nitrogen and oxygen atoms in total. The highest BCUT2D eigenvalue weighted by Gasteiger charge is 2.20. The van der Waals surface area contributed by atoms with Gasteiger partial charge in [-0.05, 0) is 67.9 Å². The van der Waals surface area contributed by atoms with Gasteiger partial charge in [-0.3, -0.25) is 14.9 Å².